The van der Waals surface area contributed by atoms with Crippen LogP contribution in [0.2, 0.25) is 0 Å². The maximum Gasteiger partial charge on any atom is 0.430 e. The van der Waals surface area contributed by atoms with Gasteiger partial charge in [-0.3, -0.25) is 4.79 Å². The average molecular weight is 607 g/mol. The minimum Gasteiger partial charge on any atom is -0.542 e. The summed E-state index contributed by atoms with van der Waals surface area (Å²) in [6.45, 7) is 3.66. The summed E-state index contributed by atoms with van der Waals surface area (Å²) in [6, 6.07) is 18.9. The number of esters is 2. The predicted octanol–water partition coefficient (Wildman–Crippen LogP) is 2.94. The van der Waals surface area contributed by atoms with Gasteiger partial charge in [0, 0.05) is 38.5 Å². The Morgan fingerprint density at radius 1 is 0.930 bits per heavy atom. The lowest BCUT2D eigenvalue weighted by Crippen LogP contribution is -2.60. The number of alkyl halides is 3. The third kappa shape index (κ3) is 7.02. The minimum atomic E-state index is -5.19. The zero-order valence-electron chi connectivity index (χ0n) is 24.0. The zero-order valence-corrected chi connectivity index (χ0v) is 24.0. The highest BCUT2D eigenvalue weighted by atomic mass is 19.4. The molecule has 1 spiro atoms. The smallest absolute Gasteiger partial charge is 0.430 e. The van der Waals surface area contributed by atoms with Gasteiger partial charge in [0.1, 0.15) is 18.1 Å². The van der Waals surface area contributed by atoms with Gasteiger partial charge in [-0.05, 0) is 18.1 Å². The molecule has 0 aliphatic carbocycles. The van der Waals surface area contributed by atoms with Gasteiger partial charge in [0.25, 0.3) is 0 Å². The highest BCUT2D eigenvalue weighted by molar-refractivity contribution is 5.86. The Bertz CT molecular complexity index is 1200. The first-order valence-corrected chi connectivity index (χ1v) is 14.4. The van der Waals surface area contributed by atoms with Crippen molar-refractivity contribution in [1.82, 2.24) is 0 Å². The molecular formula is C31H37F3N2O7. The van der Waals surface area contributed by atoms with Crippen LogP contribution in [0.15, 0.2) is 60.7 Å². The van der Waals surface area contributed by atoms with Crippen molar-refractivity contribution in [2.75, 3.05) is 19.9 Å². The molecule has 3 aliphatic rings. The quantitative estimate of drug-likeness (QED) is 0.276. The van der Waals surface area contributed by atoms with Gasteiger partial charge in [-0.2, -0.15) is 13.2 Å². The molecule has 3 heterocycles. The minimum absolute atomic E-state index is 0.152. The number of hydrogen-bond donors (Lipinski definition) is 1. The second-order valence-electron chi connectivity index (χ2n) is 11.4. The largest absolute Gasteiger partial charge is 0.542 e. The SMILES string of the molecule is C[C@H](N)C(=O)OCOC(C(=O)OC1CC2CCC(C1)[N+]21CCCC1)(c1ccccc1)c1ccccc1.O=C([O-])C(F)(F)F. The van der Waals surface area contributed by atoms with Crippen LogP contribution < -0.4 is 10.8 Å². The number of aliphatic carboxylic acids is 1. The summed E-state index contributed by atoms with van der Waals surface area (Å²) in [5.41, 5.74) is 5.33. The topological polar surface area (TPSA) is 128 Å². The van der Waals surface area contributed by atoms with E-state index in [9.17, 15) is 22.8 Å². The second-order valence-corrected chi connectivity index (χ2v) is 11.4. The van der Waals surface area contributed by atoms with E-state index >= 15 is 0 Å². The van der Waals surface area contributed by atoms with Crippen molar-refractivity contribution >= 4 is 17.9 Å². The standard InChI is InChI=1S/C29H37N2O5.C2HF3O2/c1-21(30)27(32)34-20-35-29(22-10-4-2-5-11-22,23-12-6-3-7-13-23)28(33)36-26-18-24-14-15-25(19-26)31(24)16-8-9-17-31;3-2(4,5)1(6)7/h2-7,10-13,21,24-26H,8-9,14-20,30H2,1H3;(H,6,7)/q+1;/p-1/t21-,24?,25?,26?;/m0./s1. The molecule has 3 fully saturated rings. The van der Waals surface area contributed by atoms with Gasteiger partial charge in [0.2, 0.25) is 5.60 Å². The number of halogens is 3. The van der Waals surface area contributed by atoms with E-state index < -0.39 is 42.5 Å². The van der Waals surface area contributed by atoms with Gasteiger partial charge in [0.05, 0.1) is 25.2 Å². The normalized spacial score (nSPS) is 23.1. The Morgan fingerprint density at radius 3 is 1.81 bits per heavy atom. The van der Waals surface area contributed by atoms with E-state index in [1.165, 1.54) is 43.3 Å². The first-order chi connectivity index (χ1) is 20.4. The number of nitrogens with two attached hydrogens (primary N) is 1. The summed E-state index contributed by atoms with van der Waals surface area (Å²) in [7, 11) is 0. The van der Waals surface area contributed by atoms with Crippen molar-refractivity contribution in [3.63, 3.8) is 0 Å². The number of carbonyl (C=O) groups is 3. The number of rotatable bonds is 8. The molecular weight excluding hydrogens is 569 g/mol. The molecule has 0 aromatic heterocycles. The van der Waals surface area contributed by atoms with Gasteiger partial charge in [-0.15, -0.1) is 0 Å². The molecule has 3 atom stereocenters. The molecule has 2 aromatic carbocycles. The Labute approximate surface area is 248 Å². The first kappa shape index (κ1) is 32.4. The average Bonchev–Trinajstić information content (AvgIpc) is 3.52. The number of carboxylic acid groups (broad SMARTS) is 1. The number of benzene rings is 2. The van der Waals surface area contributed by atoms with Crippen LogP contribution in [0.4, 0.5) is 13.2 Å². The molecule has 2 bridgehead atoms. The third-order valence-electron chi connectivity index (χ3n) is 8.76. The van der Waals surface area contributed by atoms with Crippen LogP contribution in [-0.4, -0.2) is 72.7 Å². The molecule has 5 rings (SSSR count). The first-order valence-electron chi connectivity index (χ1n) is 14.4. The van der Waals surface area contributed by atoms with Crippen molar-refractivity contribution in [3.8, 4) is 0 Å². The van der Waals surface area contributed by atoms with E-state index in [2.05, 4.69) is 0 Å². The van der Waals surface area contributed by atoms with E-state index in [1.54, 1.807) is 6.92 Å². The highest BCUT2D eigenvalue weighted by Gasteiger charge is 2.57. The molecule has 2 unspecified atom stereocenters. The monoisotopic (exact) mass is 606 g/mol. The van der Waals surface area contributed by atoms with Crippen molar-refractivity contribution in [2.45, 2.75) is 81.5 Å². The van der Waals surface area contributed by atoms with Crippen LogP contribution in [0.3, 0.4) is 0 Å². The second kappa shape index (κ2) is 13.4. The van der Waals surface area contributed by atoms with E-state index in [0.29, 0.717) is 23.2 Å². The maximum atomic E-state index is 14.2. The van der Waals surface area contributed by atoms with E-state index in [0.717, 1.165) is 12.8 Å². The van der Waals surface area contributed by atoms with Crippen molar-refractivity contribution in [3.05, 3.63) is 71.8 Å². The van der Waals surface area contributed by atoms with E-state index in [-0.39, 0.29) is 6.10 Å². The molecule has 43 heavy (non-hydrogen) atoms. The summed E-state index contributed by atoms with van der Waals surface area (Å²) < 4.78 is 50.6. The number of piperidine rings is 1. The predicted molar refractivity (Wildman–Crippen MR) is 146 cm³/mol. The molecule has 9 nitrogen and oxygen atoms in total. The molecule has 3 aliphatic heterocycles. The Balaban J connectivity index is 0.000000541. The molecule has 234 valence electrons. The van der Waals surface area contributed by atoms with Gasteiger partial charge >= 0.3 is 18.1 Å². The van der Waals surface area contributed by atoms with Crippen LogP contribution >= 0.6 is 0 Å². The molecule has 2 N–H and O–H groups in total. The lowest BCUT2D eigenvalue weighted by Gasteiger charge is -2.47. The molecule has 12 heteroatoms. The fourth-order valence-corrected chi connectivity index (χ4v) is 6.82. The van der Waals surface area contributed by atoms with Crippen LogP contribution in [0.25, 0.3) is 0 Å². The van der Waals surface area contributed by atoms with Crippen molar-refractivity contribution in [1.29, 1.82) is 0 Å². The Morgan fingerprint density at radius 2 is 1.40 bits per heavy atom. The molecule has 0 radical (unpaired) electrons. The summed E-state index contributed by atoms with van der Waals surface area (Å²) in [4.78, 5) is 35.0. The van der Waals surface area contributed by atoms with Crippen LogP contribution in [0.1, 0.15) is 56.6 Å². The Hall–Kier alpha value is -3.48. The van der Waals surface area contributed by atoms with Crippen LogP contribution in [0, 0.1) is 0 Å². The van der Waals surface area contributed by atoms with E-state index in [4.69, 9.17) is 29.8 Å². The molecule has 2 aromatic rings. The fraction of sp³-hybridized carbons (Fsp3) is 0.516. The van der Waals surface area contributed by atoms with Gasteiger partial charge in [0.15, 0.2) is 6.79 Å². The fourth-order valence-electron chi connectivity index (χ4n) is 6.82. The van der Waals surface area contributed by atoms with Gasteiger partial charge in [-0.25, -0.2) is 4.79 Å². The number of carboxylic acids is 1. The van der Waals surface area contributed by atoms with E-state index in [1.807, 2.05) is 60.7 Å². The summed E-state index contributed by atoms with van der Waals surface area (Å²) in [6.07, 6.45) is 1.47. The molecule has 3 saturated heterocycles. The lowest BCUT2D eigenvalue weighted by molar-refractivity contribution is -0.956. The lowest BCUT2D eigenvalue weighted by atomic mass is 9.85. The third-order valence-corrected chi connectivity index (χ3v) is 8.76. The highest BCUT2D eigenvalue weighted by Crippen LogP contribution is 2.47. The number of hydrogen-bond acceptors (Lipinski definition) is 8. The molecule has 0 saturated carbocycles. The maximum absolute atomic E-state index is 14.2. The van der Waals surface area contributed by atoms with Gasteiger partial charge in [-0.1, -0.05) is 60.7 Å². The van der Waals surface area contributed by atoms with Crippen molar-refractivity contribution < 1.29 is 51.4 Å². The summed E-state index contributed by atoms with van der Waals surface area (Å²) in [5, 5.41) is 8.78. The Kier molecular flexibility index (Phi) is 10.1. The van der Waals surface area contributed by atoms with Crippen LogP contribution in [-0.2, 0) is 34.2 Å². The zero-order chi connectivity index (χ0) is 31.3. The number of nitrogens with zero attached hydrogens (tertiary/aromatic N) is 1. The number of carbonyl (C=O) groups excluding carboxylic acids is 3. The number of quaternary nitrogens is 1. The summed E-state index contributed by atoms with van der Waals surface area (Å²) in [5.74, 6) is -4.08. The molecule has 0 amide bonds. The van der Waals surface area contributed by atoms with Gasteiger partial charge < -0.3 is 34.3 Å². The van der Waals surface area contributed by atoms with Crippen molar-refractivity contribution in [2.24, 2.45) is 5.73 Å². The summed E-state index contributed by atoms with van der Waals surface area (Å²) >= 11 is 0. The van der Waals surface area contributed by atoms with Crippen LogP contribution in [0.5, 0.6) is 0 Å². The number of ether oxygens (including phenoxy) is 3.